The van der Waals surface area contributed by atoms with Gasteiger partial charge in [-0.15, -0.1) is 0 Å². The van der Waals surface area contributed by atoms with E-state index in [1.54, 1.807) is 0 Å². The van der Waals surface area contributed by atoms with E-state index in [0.717, 1.165) is 6.42 Å². The standard InChI is InChI=1S/C12H21N3/c1-4-9-7-11(6-3)15-12(13-9)8-10(5-2)14-15/h8-9,11,13H,4-7H2,1-3H3. The first-order valence-electron chi connectivity index (χ1n) is 6.13. The highest BCUT2D eigenvalue weighted by molar-refractivity contribution is 5.40. The minimum atomic E-state index is 0.589. The maximum absolute atomic E-state index is 4.64. The van der Waals surface area contributed by atoms with Crippen LogP contribution in [0.4, 0.5) is 5.82 Å². The minimum Gasteiger partial charge on any atom is -0.367 e. The molecule has 2 atom stereocenters. The van der Waals surface area contributed by atoms with Crippen LogP contribution in [0.5, 0.6) is 0 Å². The van der Waals surface area contributed by atoms with Crippen LogP contribution in [0.1, 0.15) is 51.8 Å². The summed E-state index contributed by atoms with van der Waals surface area (Å²) in [7, 11) is 0. The van der Waals surface area contributed by atoms with Crippen LogP contribution in [0.15, 0.2) is 6.07 Å². The van der Waals surface area contributed by atoms with Crippen LogP contribution in [0.3, 0.4) is 0 Å². The van der Waals surface area contributed by atoms with Crippen molar-refractivity contribution in [2.24, 2.45) is 0 Å². The molecule has 0 aromatic carbocycles. The lowest BCUT2D eigenvalue weighted by atomic mass is 10.0. The van der Waals surface area contributed by atoms with Gasteiger partial charge in [-0.05, 0) is 25.7 Å². The van der Waals surface area contributed by atoms with Crippen LogP contribution >= 0.6 is 0 Å². The Hall–Kier alpha value is -0.990. The van der Waals surface area contributed by atoms with Crippen LogP contribution in [0, 0.1) is 0 Å². The molecule has 0 radical (unpaired) electrons. The van der Waals surface area contributed by atoms with E-state index < -0.39 is 0 Å². The summed E-state index contributed by atoms with van der Waals surface area (Å²) in [5.74, 6) is 1.22. The number of hydrogen-bond donors (Lipinski definition) is 1. The van der Waals surface area contributed by atoms with Crippen LogP contribution in [0.2, 0.25) is 0 Å². The zero-order valence-corrected chi connectivity index (χ0v) is 9.95. The van der Waals surface area contributed by atoms with Crippen LogP contribution in [-0.4, -0.2) is 15.8 Å². The number of hydrogen-bond acceptors (Lipinski definition) is 2. The Morgan fingerprint density at radius 1 is 1.40 bits per heavy atom. The maximum atomic E-state index is 4.64. The van der Waals surface area contributed by atoms with Gasteiger partial charge in [-0.1, -0.05) is 20.8 Å². The largest absolute Gasteiger partial charge is 0.367 e. The normalized spacial score (nSPS) is 24.7. The van der Waals surface area contributed by atoms with Gasteiger partial charge in [0.25, 0.3) is 0 Å². The summed E-state index contributed by atoms with van der Waals surface area (Å²) in [5.41, 5.74) is 1.20. The van der Waals surface area contributed by atoms with E-state index in [0.29, 0.717) is 12.1 Å². The first-order chi connectivity index (χ1) is 7.28. The van der Waals surface area contributed by atoms with Gasteiger partial charge in [-0.3, -0.25) is 0 Å². The Kier molecular flexibility index (Phi) is 2.98. The van der Waals surface area contributed by atoms with Crippen molar-refractivity contribution in [2.75, 3.05) is 5.32 Å². The SMILES string of the molecule is CCc1cc2n(n1)C(CC)CC(CC)N2. The number of nitrogens with zero attached hydrogens (tertiary/aromatic N) is 2. The minimum absolute atomic E-state index is 0.589. The molecular formula is C12H21N3. The number of fused-ring (bicyclic) bond motifs is 1. The van der Waals surface area contributed by atoms with Gasteiger partial charge in [0.2, 0.25) is 0 Å². The van der Waals surface area contributed by atoms with E-state index in [1.165, 1.54) is 30.8 Å². The fraction of sp³-hybridized carbons (Fsp3) is 0.750. The molecule has 2 heterocycles. The molecule has 0 saturated heterocycles. The van der Waals surface area contributed by atoms with Gasteiger partial charge in [0.1, 0.15) is 5.82 Å². The number of rotatable bonds is 3. The molecule has 0 fully saturated rings. The molecule has 3 nitrogen and oxygen atoms in total. The second-order valence-electron chi connectivity index (χ2n) is 4.37. The van der Waals surface area contributed by atoms with E-state index in [1.807, 2.05) is 0 Å². The van der Waals surface area contributed by atoms with Gasteiger partial charge in [0.05, 0.1) is 11.7 Å². The first-order valence-corrected chi connectivity index (χ1v) is 6.13. The van der Waals surface area contributed by atoms with Crippen molar-refractivity contribution in [2.45, 2.75) is 58.5 Å². The second-order valence-corrected chi connectivity index (χ2v) is 4.37. The van der Waals surface area contributed by atoms with E-state index in [9.17, 15) is 0 Å². The molecule has 3 heteroatoms. The summed E-state index contributed by atoms with van der Waals surface area (Å²) in [6, 6.07) is 3.42. The summed E-state index contributed by atoms with van der Waals surface area (Å²) in [5, 5.41) is 8.21. The molecule has 1 aromatic rings. The number of aryl methyl sites for hydroxylation is 1. The van der Waals surface area contributed by atoms with Crippen molar-refractivity contribution in [3.8, 4) is 0 Å². The average molecular weight is 207 g/mol. The third-order valence-electron chi connectivity index (χ3n) is 3.37. The summed E-state index contributed by atoms with van der Waals surface area (Å²) in [6.07, 6.45) is 4.61. The van der Waals surface area contributed by atoms with Gasteiger partial charge in [-0.2, -0.15) is 5.10 Å². The summed E-state index contributed by atoms with van der Waals surface area (Å²) in [4.78, 5) is 0. The number of aromatic nitrogens is 2. The van der Waals surface area contributed by atoms with Gasteiger partial charge in [0, 0.05) is 12.1 Å². The molecule has 1 aliphatic heterocycles. The quantitative estimate of drug-likeness (QED) is 0.825. The molecule has 1 aromatic heterocycles. The second kappa shape index (κ2) is 4.25. The van der Waals surface area contributed by atoms with E-state index in [-0.39, 0.29) is 0 Å². The highest BCUT2D eigenvalue weighted by atomic mass is 15.4. The molecule has 2 rings (SSSR count). The summed E-state index contributed by atoms with van der Waals surface area (Å²) >= 11 is 0. The lowest BCUT2D eigenvalue weighted by Crippen LogP contribution is -2.31. The highest BCUT2D eigenvalue weighted by Crippen LogP contribution is 2.30. The molecule has 0 saturated carbocycles. The molecule has 84 valence electrons. The predicted octanol–water partition coefficient (Wildman–Crippen LogP) is 2.99. The number of nitrogens with one attached hydrogen (secondary N) is 1. The topological polar surface area (TPSA) is 29.9 Å². The third-order valence-corrected chi connectivity index (χ3v) is 3.37. The van der Waals surface area contributed by atoms with E-state index >= 15 is 0 Å². The fourth-order valence-electron chi connectivity index (χ4n) is 2.31. The summed E-state index contributed by atoms with van der Waals surface area (Å²) in [6.45, 7) is 6.66. The molecule has 1 aliphatic rings. The highest BCUT2D eigenvalue weighted by Gasteiger charge is 2.25. The third kappa shape index (κ3) is 1.87. The zero-order chi connectivity index (χ0) is 10.8. The Morgan fingerprint density at radius 3 is 2.80 bits per heavy atom. The van der Waals surface area contributed by atoms with Gasteiger partial charge < -0.3 is 5.32 Å². The smallest absolute Gasteiger partial charge is 0.125 e. The first kappa shape index (κ1) is 10.5. The van der Waals surface area contributed by atoms with Crippen molar-refractivity contribution < 1.29 is 0 Å². The Balaban J connectivity index is 2.29. The van der Waals surface area contributed by atoms with Crippen molar-refractivity contribution >= 4 is 5.82 Å². The molecule has 0 amide bonds. The zero-order valence-electron chi connectivity index (χ0n) is 9.95. The van der Waals surface area contributed by atoms with Gasteiger partial charge in [-0.25, -0.2) is 4.68 Å². The maximum Gasteiger partial charge on any atom is 0.125 e. The molecule has 15 heavy (non-hydrogen) atoms. The molecule has 0 bridgehead atoms. The predicted molar refractivity (Wildman–Crippen MR) is 63.3 cm³/mol. The number of anilines is 1. The van der Waals surface area contributed by atoms with Crippen molar-refractivity contribution in [3.05, 3.63) is 11.8 Å². The van der Waals surface area contributed by atoms with Crippen LogP contribution in [-0.2, 0) is 6.42 Å². The summed E-state index contributed by atoms with van der Waals surface area (Å²) < 4.78 is 2.19. The van der Waals surface area contributed by atoms with Crippen LogP contribution < -0.4 is 5.32 Å². The Bertz CT molecular complexity index is 330. The molecule has 0 spiro atoms. The monoisotopic (exact) mass is 207 g/mol. The van der Waals surface area contributed by atoms with Gasteiger partial charge in [0.15, 0.2) is 0 Å². The molecule has 1 N–H and O–H groups in total. The molecule has 2 unspecified atom stereocenters. The van der Waals surface area contributed by atoms with Crippen LogP contribution in [0.25, 0.3) is 0 Å². The lowest BCUT2D eigenvalue weighted by Gasteiger charge is -2.31. The lowest BCUT2D eigenvalue weighted by molar-refractivity contribution is 0.361. The molecule has 0 aliphatic carbocycles. The average Bonchev–Trinajstić information content (AvgIpc) is 2.70. The fourth-order valence-corrected chi connectivity index (χ4v) is 2.31. The van der Waals surface area contributed by atoms with Crippen molar-refractivity contribution in [1.29, 1.82) is 0 Å². The molecular weight excluding hydrogens is 186 g/mol. The van der Waals surface area contributed by atoms with Crippen molar-refractivity contribution in [3.63, 3.8) is 0 Å². The Morgan fingerprint density at radius 2 is 2.20 bits per heavy atom. The van der Waals surface area contributed by atoms with E-state index in [4.69, 9.17) is 0 Å². The van der Waals surface area contributed by atoms with Crippen molar-refractivity contribution in [1.82, 2.24) is 9.78 Å². The van der Waals surface area contributed by atoms with E-state index in [2.05, 4.69) is 41.9 Å². The van der Waals surface area contributed by atoms with Gasteiger partial charge >= 0.3 is 0 Å². The Labute approximate surface area is 91.9 Å².